The highest BCUT2D eigenvalue weighted by molar-refractivity contribution is 5.62. The van der Waals surface area contributed by atoms with Crippen molar-refractivity contribution in [3.63, 3.8) is 0 Å². The van der Waals surface area contributed by atoms with E-state index in [2.05, 4.69) is 28.6 Å². The number of aromatic nitrogens is 1. The third kappa shape index (κ3) is 3.83. The van der Waals surface area contributed by atoms with E-state index in [0.717, 1.165) is 43.6 Å². The Kier molecular flexibility index (Phi) is 5.02. The molecule has 0 aliphatic carbocycles. The van der Waals surface area contributed by atoms with Crippen LogP contribution in [0, 0.1) is 5.92 Å². The van der Waals surface area contributed by atoms with Crippen molar-refractivity contribution in [2.75, 3.05) is 43.4 Å². The van der Waals surface area contributed by atoms with Crippen LogP contribution in [0.1, 0.15) is 26.7 Å². The zero-order valence-electron chi connectivity index (χ0n) is 12.2. The Morgan fingerprint density at radius 3 is 2.68 bits per heavy atom. The number of nitrogens with zero attached hydrogens (tertiary/aromatic N) is 3. The van der Waals surface area contributed by atoms with Gasteiger partial charge in [0.25, 0.3) is 0 Å². The molecule has 2 heterocycles. The minimum absolute atomic E-state index is 0.787. The number of anilines is 2. The zero-order chi connectivity index (χ0) is 13.7. The summed E-state index contributed by atoms with van der Waals surface area (Å²) in [5.74, 6) is 1.75. The molecule has 1 unspecified atom stereocenters. The van der Waals surface area contributed by atoms with Crippen LogP contribution in [-0.4, -0.2) is 42.6 Å². The number of nitrogen functional groups attached to an aromatic ring is 1. The molecule has 0 saturated carbocycles. The van der Waals surface area contributed by atoms with E-state index in [9.17, 15) is 0 Å². The van der Waals surface area contributed by atoms with Crippen LogP contribution < -0.4 is 10.6 Å². The van der Waals surface area contributed by atoms with E-state index >= 15 is 0 Å². The molecule has 0 amide bonds. The zero-order valence-corrected chi connectivity index (χ0v) is 12.2. The van der Waals surface area contributed by atoms with Crippen LogP contribution in [0.5, 0.6) is 0 Å². The van der Waals surface area contributed by atoms with Crippen molar-refractivity contribution in [1.29, 1.82) is 0 Å². The smallest absolute Gasteiger partial charge is 0.151 e. The molecule has 1 saturated heterocycles. The van der Waals surface area contributed by atoms with Crippen LogP contribution in [-0.2, 0) is 0 Å². The molecule has 1 aromatic heterocycles. The third-order valence-corrected chi connectivity index (χ3v) is 3.84. The number of nitrogens with two attached hydrogens (primary N) is 1. The summed E-state index contributed by atoms with van der Waals surface area (Å²) in [6, 6.07) is 3.82. The monoisotopic (exact) mass is 262 g/mol. The topological polar surface area (TPSA) is 45.4 Å². The average Bonchev–Trinajstić information content (AvgIpc) is 2.41. The van der Waals surface area contributed by atoms with E-state index in [1.54, 1.807) is 0 Å². The number of hydrogen-bond acceptors (Lipinski definition) is 4. The molecule has 106 valence electrons. The highest BCUT2D eigenvalue weighted by atomic mass is 15.3. The lowest BCUT2D eigenvalue weighted by atomic mass is 10.1. The van der Waals surface area contributed by atoms with E-state index in [0.29, 0.717) is 0 Å². The molecule has 1 atom stereocenters. The van der Waals surface area contributed by atoms with Gasteiger partial charge in [0.05, 0.1) is 5.69 Å². The lowest BCUT2D eigenvalue weighted by Gasteiger charge is -2.36. The summed E-state index contributed by atoms with van der Waals surface area (Å²) in [4.78, 5) is 9.27. The predicted octanol–water partition coefficient (Wildman–Crippen LogP) is 2.22. The van der Waals surface area contributed by atoms with Gasteiger partial charge in [0, 0.05) is 38.9 Å². The van der Waals surface area contributed by atoms with Gasteiger partial charge < -0.3 is 10.6 Å². The van der Waals surface area contributed by atoms with Crippen molar-refractivity contribution in [2.24, 2.45) is 5.92 Å². The van der Waals surface area contributed by atoms with Crippen molar-refractivity contribution in [2.45, 2.75) is 26.7 Å². The molecule has 1 aromatic rings. The summed E-state index contributed by atoms with van der Waals surface area (Å²) in [5, 5.41) is 0. The molecule has 1 fully saturated rings. The Morgan fingerprint density at radius 2 is 2.05 bits per heavy atom. The van der Waals surface area contributed by atoms with Gasteiger partial charge in [-0.05, 0) is 24.5 Å². The van der Waals surface area contributed by atoms with Gasteiger partial charge in [0.2, 0.25) is 0 Å². The Balaban J connectivity index is 1.84. The Hall–Kier alpha value is -1.29. The van der Waals surface area contributed by atoms with Gasteiger partial charge in [0.1, 0.15) is 0 Å². The van der Waals surface area contributed by atoms with E-state index < -0.39 is 0 Å². The second-order valence-corrected chi connectivity index (χ2v) is 5.60. The first-order chi connectivity index (χ1) is 9.20. The van der Waals surface area contributed by atoms with Gasteiger partial charge in [-0.1, -0.05) is 20.3 Å². The summed E-state index contributed by atoms with van der Waals surface area (Å²) in [6.07, 6.45) is 4.43. The summed E-state index contributed by atoms with van der Waals surface area (Å²) in [5.41, 5.74) is 6.78. The van der Waals surface area contributed by atoms with Gasteiger partial charge in [-0.3, -0.25) is 4.90 Å². The standard InChI is InChI=1S/C15H26N4/c1-3-5-13(2)12-18-8-10-19(11-9-18)15-14(16)6-4-7-17-15/h4,6-7,13H,3,5,8-12,16H2,1-2H3. The number of hydrogen-bond donors (Lipinski definition) is 1. The molecular weight excluding hydrogens is 236 g/mol. The molecule has 1 aliphatic rings. The molecule has 0 bridgehead atoms. The van der Waals surface area contributed by atoms with E-state index in [4.69, 9.17) is 5.73 Å². The molecule has 2 rings (SSSR count). The highest BCUT2D eigenvalue weighted by Gasteiger charge is 2.20. The van der Waals surface area contributed by atoms with Crippen molar-refractivity contribution in [1.82, 2.24) is 9.88 Å². The van der Waals surface area contributed by atoms with Crippen molar-refractivity contribution in [3.8, 4) is 0 Å². The Labute approximate surface area is 116 Å². The quantitative estimate of drug-likeness (QED) is 0.884. The normalized spacial score (nSPS) is 18.5. The second-order valence-electron chi connectivity index (χ2n) is 5.60. The SMILES string of the molecule is CCCC(C)CN1CCN(c2ncccc2N)CC1. The number of piperazine rings is 1. The van der Waals surface area contributed by atoms with Crippen molar-refractivity contribution < 1.29 is 0 Å². The maximum Gasteiger partial charge on any atom is 0.151 e. The molecule has 4 nitrogen and oxygen atoms in total. The first-order valence-electron chi connectivity index (χ1n) is 7.38. The fourth-order valence-electron chi connectivity index (χ4n) is 2.84. The van der Waals surface area contributed by atoms with E-state index in [1.165, 1.54) is 19.4 Å². The Bertz CT molecular complexity index is 385. The van der Waals surface area contributed by atoms with Gasteiger partial charge in [0.15, 0.2) is 5.82 Å². The van der Waals surface area contributed by atoms with Crippen LogP contribution in [0.2, 0.25) is 0 Å². The minimum Gasteiger partial charge on any atom is -0.396 e. The van der Waals surface area contributed by atoms with E-state index in [1.807, 2.05) is 18.3 Å². The summed E-state index contributed by atoms with van der Waals surface area (Å²) >= 11 is 0. The van der Waals surface area contributed by atoms with Crippen LogP contribution in [0.25, 0.3) is 0 Å². The maximum absolute atomic E-state index is 5.99. The van der Waals surface area contributed by atoms with Crippen LogP contribution >= 0.6 is 0 Å². The van der Waals surface area contributed by atoms with Crippen molar-refractivity contribution in [3.05, 3.63) is 18.3 Å². The molecular formula is C15H26N4. The molecule has 0 aromatic carbocycles. The average molecular weight is 262 g/mol. The molecule has 4 heteroatoms. The summed E-state index contributed by atoms with van der Waals surface area (Å²) < 4.78 is 0. The van der Waals surface area contributed by atoms with Gasteiger partial charge in [-0.15, -0.1) is 0 Å². The molecule has 2 N–H and O–H groups in total. The van der Waals surface area contributed by atoms with Gasteiger partial charge in [-0.25, -0.2) is 4.98 Å². The lowest BCUT2D eigenvalue weighted by Crippen LogP contribution is -2.48. The third-order valence-electron chi connectivity index (χ3n) is 3.84. The van der Waals surface area contributed by atoms with Crippen LogP contribution in [0.4, 0.5) is 11.5 Å². The van der Waals surface area contributed by atoms with Crippen LogP contribution in [0.15, 0.2) is 18.3 Å². The first-order valence-corrected chi connectivity index (χ1v) is 7.38. The Morgan fingerprint density at radius 1 is 1.32 bits per heavy atom. The van der Waals surface area contributed by atoms with E-state index in [-0.39, 0.29) is 0 Å². The molecule has 1 aliphatic heterocycles. The van der Waals surface area contributed by atoms with Gasteiger partial charge in [-0.2, -0.15) is 0 Å². The first kappa shape index (κ1) is 14.1. The fraction of sp³-hybridized carbons (Fsp3) is 0.667. The second kappa shape index (κ2) is 6.75. The summed E-state index contributed by atoms with van der Waals surface area (Å²) in [7, 11) is 0. The number of rotatable bonds is 5. The fourth-order valence-corrected chi connectivity index (χ4v) is 2.84. The highest BCUT2D eigenvalue weighted by Crippen LogP contribution is 2.21. The molecule has 0 spiro atoms. The largest absolute Gasteiger partial charge is 0.396 e. The van der Waals surface area contributed by atoms with Crippen LogP contribution in [0.3, 0.4) is 0 Å². The maximum atomic E-state index is 5.99. The minimum atomic E-state index is 0.787. The molecule has 0 radical (unpaired) electrons. The summed E-state index contributed by atoms with van der Waals surface area (Å²) in [6.45, 7) is 10.1. The predicted molar refractivity (Wildman–Crippen MR) is 81.4 cm³/mol. The lowest BCUT2D eigenvalue weighted by molar-refractivity contribution is 0.219. The number of pyridine rings is 1. The molecule has 19 heavy (non-hydrogen) atoms. The van der Waals surface area contributed by atoms with Gasteiger partial charge >= 0.3 is 0 Å². The van der Waals surface area contributed by atoms with Crippen molar-refractivity contribution >= 4 is 11.5 Å².